The highest BCUT2D eigenvalue weighted by atomic mass is 127. The van der Waals surface area contributed by atoms with Gasteiger partial charge in [-0.25, -0.2) is 9.79 Å². The summed E-state index contributed by atoms with van der Waals surface area (Å²) in [5.41, 5.74) is 1.48. The highest BCUT2D eigenvalue weighted by molar-refractivity contribution is 14.1. The van der Waals surface area contributed by atoms with Crippen LogP contribution in [0, 0.1) is 3.57 Å². The summed E-state index contributed by atoms with van der Waals surface area (Å²) in [7, 11) is 1.48. The van der Waals surface area contributed by atoms with E-state index in [1.54, 1.807) is 18.2 Å². The standard InChI is InChI=1S/C21H16Br2INO5/c1-3-4-18(26)29-19-14(23)7-11(9-17(19)28-2)8-16-21(27)30-20(25-16)12-5-6-15(24)13(22)10-12/h5-10H,3-4H2,1-2H3/b16-8+. The van der Waals surface area contributed by atoms with Crippen molar-refractivity contribution >= 4 is 78.4 Å². The molecule has 0 aromatic heterocycles. The lowest BCUT2D eigenvalue weighted by Gasteiger charge is -2.12. The van der Waals surface area contributed by atoms with Crippen molar-refractivity contribution in [3.63, 3.8) is 0 Å². The predicted molar refractivity (Wildman–Crippen MR) is 129 cm³/mol. The molecule has 0 saturated heterocycles. The zero-order chi connectivity index (χ0) is 21.8. The predicted octanol–water partition coefficient (Wildman–Crippen LogP) is 5.87. The lowest BCUT2D eigenvalue weighted by Crippen LogP contribution is -2.08. The van der Waals surface area contributed by atoms with Gasteiger partial charge in [-0.1, -0.05) is 6.92 Å². The number of carbonyl (C=O) groups is 2. The van der Waals surface area contributed by atoms with E-state index in [0.29, 0.717) is 39.9 Å². The lowest BCUT2D eigenvalue weighted by atomic mass is 10.1. The summed E-state index contributed by atoms with van der Waals surface area (Å²) in [6.45, 7) is 1.90. The normalized spacial score (nSPS) is 14.5. The Labute approximate surface area is 204 Å². The van der Waals surface area contributed by atoms with E-state index in [-0.39, 0.29) is 17.6 Å². The molecule has 0 N–H and O–H groups in total. The van der Waals surface area contributed by atoms with E-state index in [9.17, 15) is 9.59 Å². The van der Waals surface area contributed by atoms with Crippen LogP contribution in [0.3, 0.4) is 0 Å². The molecule has 0 radical (unpaired) electrons. The maximum atomic E-state index is 12.3. The molecule has 1 heterocycles. The number of cyclic esters (lactones) is 1. The molecule has 0 unspecified atom stereocenters. The number of carbonyl (C=O) groups excluding carboxylic acids is 2. The summed E-state index contributed by atoms with van der Waals surface area (Å²) in [5, 5.41) is 0. The number of halogens is 3. The van der Waals surface area contributed by atoms with Crippen molar-refractivity contribution in [3.05, 3.63) is 59.7 Å². The van der Waals surface area contributed by atoms with Gasteiger partial charge in [-0.05, 0) is 103 Å². The molecule has 3 rings (SSSR count). The Morgan fingerprint density at radius 3 is 2.67 bits per heavy atom. The topological polar surface area (TPSA) is 74.2 Å². The minimum Gasteiger partial charge on any atom is -0.493 e. The molecule has 6 nitrogen and oxygen atoms in total. The average Bonchev–Trinajstić information content (AvgIpc) is 3.06. The van der Waals surface area contributed by atoms with Crippen LogP contribution in [0.2, 0.25) is 0 Å². The van der Waals surface area contributed by atoms with Crippen molar-refractivity contribution in [3.8, 4) is 11.5 Å². The fourth-order valence-corrected chi connectivity index (χ4v) is 3.87. The largest absolute Gasteiger partial charge is 0.493 e. The second kappa shape index (κ2) is 10.1. The lowest BCUT2D eigenvalue weighted by molar-refractivity contribution is -0.134. The number of benzene rings is 2. The average molecular weight is 649 g/mol. The monoisotopic (exact) mass is 647 g/mol. The molecule has 0 aliphatic carbocycles. The van der Waals surface area contributed by atoms with Gasteiger partial charge in [-0.2, -0.15) is 0 Å². The summed E-state index contributed by atoms with van der Waals surface area (Å²) in [6, 6.07) is 8.95. The van der Waals surface area contributed by atoms with Crippen LogP contribution in [0.25, 0.3) is 6.08 Å². The highest BCUT2D eigenvalue weighted by Crippen LogP contribution is 2.38. The first-order valence-corrected chi connectivity index (χ1v) is 11.5. The summed E-state index contributed by atoms with van der Waals surface area (Å²) < 4.78 is 18.5. The van der Waals surface area contributed by atoms with E-state index < -0.39 is 5.97 Å². The van der Waals surface area contributed by atoms with Gasteiger partial charge in [0, 0.05) is 20.0 Å². The van der Waals surface area contributed by atoms with Crippen molar-refractivity contribution in [1.82, 2.24) is 0 Å². The molecule has 0 saturated carbocycles. The summed E-state index contributed by atoms with van der Waals surface area (Å²) in [6.07, 6.45) is 2.57. The number of methoxy groups -OCH3 is 1. The third-order valence-corrected chi connectivity index (χ3v) is 6.94. The zero-order valence-corrected chi connectivity index (χ0v) is 21.3. The zero-order valence-electron chi connectivity index (χ0n) is 16.0. The molecule has 1 aliphatic rings. The van der Waals surface area contributed by atoms with Gasteiger partial charge in [0.25, 0.3) is 0 Å². The van der Waals surface area contributed by atoms with Gasteiger partial charge in [0.15, 0.2) is 17.2 Å². The Balaban J connectivity index is 1.92. The van der Waals surface area contributed by atoms with Gasteiger partial charge in [-0.3, -0.25) is 4.79 Å². The van der Waals surface area contributed by atoms with E-state index in [2.05, 4.69) is 59.4 Å². The van der Waals surface area contributed by atoms with Crippen LogP contribution in [0.15, 0.2) is 50.0 Å². The third-order valence-electron chi connectivity index (χ3n) is 4.01. The van der Waals surface area contributed by atoms with E-state index in [0.717, 1.165) is 8.04 Å². The molecule has 0 atom stereocenters. The molecule has 9 heteroatoms. The van der Waals surface area contributed by atoms with E-state index in [1.807, 2.05) is 25.1 Å². The smallest absolute Gasteiger partial charge is 0.363 e. The molecule has 156 valence electrons. The molecular weight excluding hydrogens is 633 g/mol. The van der Waals surface area contributed by atoms with Gasteiger partial charge in [-0.15, -0.1) is 0 Å². The number of ether oxygens (including phenoxy) is 3. The minimum absolute atomic E-state index is 0.157. The molecular formula is C21H16Br2INO5. The van der Waals surface area contributed by atoms with Crippen molar-refractivity contribution in [1.29, 1.82) is 0 Å². The van der Waals surface area contributed by atoms with Gasteiger partial charge in [0.05, 0.1) is 11.6 Å². The Bertz CT molecular complexity index is 1080. The molecule has 0 amide bonds. The number of hydrogen-bond donors (Lipinski definition) is 0. The quantitative estimate of drug-likeness (QED) is 0.170. The van der Waals surface area contributed by atoms with Crippen LogP contribution >= 0.6 is 54.5 Å². The second-order valence-corrected chi connectivity index (χ2v) is 9.09. The van der Waals surface area contributed by atoms with Crippen LogP contribution in [0.5, 0.6) is 11.5 Å². The molecule has 1 aliphatic heterocycles. The SMILES string of the molecule is CCCC(=O)Oc1c(Br)cc(/C=C2/N=C(c3ccc(I)c(Br)c3)OC2=O)cc1OC. The fraction of sp³-hybridized carbons (Fsp3) is 0.190. The van der Waals surface area contributed by atoms with Crippen molar-refractivity contribution in [2.45, 2.75) is 19.8 Å². The summed E-state index contributed by atoms with van der Waals surface area (Å²) in [5.74, 6) is -0.00885. The van der Waals surface area contributed by atoms with E-state index in [1.165, 1.54) is 7.11 Å². The fourth-order valence-electron chi connectivity index (χ4n) is 2.61. The number of hydrogen-bond acceptors (Lipinski definition) is 6. The first kappa shape index (κ1) is 23.0. The number of aliphatic imine (C=N–C) groups is 1. The summed E-state index contributed by atoms with van der Waals surface area (Å²) >= 11 is 9.06. The van der Waals surface area contributed by atoms with Crippen LogP contribution in [-0.4, -0.2) is 24.9 Å². The first-order valence-electron chi connectivity index (χ1n) is 8.88. The van der Waals surface area contributed by atoms with Crippen LogP contribution in [0.1, 0.15) is 30.9 Å². The Morgan fingerprint density at radius 2 is 2.00 bits per heavy atom. The van der Waals surface area contributed by atoms with Crippen molar-refractivity contribution in [2.75, 3.05) is 7.11 Å². The van der Waals surface area contributed by atoms with Gasteiger partial charge < -0.3 is 14.2 Å². The van der Waals surface area contributed by atoms with Crippen molar-refractivity contribution < 1.29 is 23.8 Å². The minimum atomic E-state index is -0.548. The Hall–Kier alpha value is -1.72. The highest BCUT2D eigenvalue weighted by Gasteiger charge is 2.25. The van der Waals surface area contributed by atoms with E-state index in [4.69, 9.17) is 14.2 Å². The first-order chi connectivity index (χ1) is 14.3. The van der Waals surface area contributed by atoms with Crippen LogP contribution in [0.4, 0.5) is 0 Å². The Morgan fingerprint density at radius 1 is 1.23 bits per heavy atom. The van der Waals surface area contributed by atoms with Gasteiger partial charge >= 0.3 is 11.9 Å². The van der Waals surface area contributed by atoms with E-state index >= 15 is 0 Å². The second-order valence-electron chi connectivity index (χ2n) is 6.22. The molecule has 0 spiro atoms. The number of esters is 2. The molecule has 2 aromatic carbocycles. The molecule has 2 aromatic rings. The third kappa shape index (κ3) is 5.30. The summed E-state index contributed by atoms with van der Waals surface area (Å²) in [4.78, 5) is 28.5. The molecule has 0 bridgehead atoms. The van der Waals surface area contributed by atoms with Gasteiger partial charge in [0.1, 0.15) is 0 Å². The molecule has 0 fully saturated rings. The van der Waals surface area contributed by atoms with Crippen molar-refractivity contribution in [2.24, 2.45) is 4.99 Å². The number of nitrogens with zero attached hydrogens (tertiary/aromatic N) is 1. The maximum Gasteiger partial charge on any atom is 0.363 e. The molecule has 30 heavy (non-hydrogen) atoms. The maximum absolute atomic E-state index is 12.3. The van der Waals surface area contributed by atoms with Crippen LogP contribution < -0.4 is 9.47 Å². The van der Waals surface area contributed by atoms with Crippen LogP contribution in [-0.2, 0) is 14.3 Å². The number of rotatable bonds is 6. The Kier molecular flexibility index (Phi) is 7.70. The van der Waals surface area contributed by atoms with Gasteiger partial charge in [0.2, 0.25) is 5.90 Å².